The van der Waals surface area contributed by atoms with Crippen LogP contribution < -0.4 is 14.8 Å². The fourth-order valence-corrected chi connectivity index (χ4v) is 6.22. The van der Waals surface area contributed by atoms with Crippen LogP contribution in [0.5, 0.6) is 11.5 Å². The van der Waals surface area contributed by atoms with Crippen molar-refractivity contribution in [3.8, 4) is 11.5 Å². The van der Waals surface area contributed by atoms with Gasteiger partial charge in [-0.2, -0.15) is 0 Å². The van der Waals surface area contributed by atoms with E-state index in [1.54, 1.807) is 6.92 Å². The maximum Gasteiger partial charge on any atom is 0.311 e. The first-order chi connectivity index (χ1) is 19.9. The van der Waals surface area contributed by atoms with Crippen LogP contribution in [-0.2, 0) is 25.7 Å². The molecule has 0 saturated heterocycles. The molecule has 0 heterocycles. The topological polar surface area (TPSA) is 100 Å². The number of fused-ring (bicyclic) bond motifs is 2. The summed E-state index contributed by atoms with van der Waals surface area (Å²) in [6.07, 6.45) is 6.82. The van der Waals surface area contributed by atoms with E-state index in [1.165, 1.54) is 13.2 Å². The lowest BCUT2D eigenvalue weighted by Crippen LogP contribution is -2.46. The molecule has 218 valence electrons. The Labute approximate surface area is 239 Å². The second kappa shape index (κ2) is 12.7. The van der Waals surface area contributed by atoms with Crippen LogP contribution >= 0.6 is 0 Å². The summed E-state index contributed by atoms with van der Waals surface area (Å²) in [5.41, 5.74) is 1.00. The SMILES string of the molecule is CCOC(=O)[C@H]1CC[C@@H](Oc2cc(C(=O)N[C@H]3[C@@H](C(=O)OCc4ccccc4)[C@@H]4C=C[C@H]3C4)c(OC)cc2F)CC1. The molecule has 0 radical (unpaired) electrons. The van der Waals surface area contributed by atoms with Crippen molar-refractivity contribution in [2.45, 2.75) is 57.8 Å². The van der Waals surface area contributed by atoms with Crippen molar-refractivity contribution in [3.63, 3.8) is 0 Å². The van der Waals surface area contributed by atoms with E-state index in [0.29, 0.717) is 32.3 Å². The summed E-state index contributed by atoms with van der Waals surface area (Å²) in [5, 5.41) is 3.01. The lowest BCUT2D eigenvalue weighted by Gasteiger charge is -2.29. The highest BCUT2D eigenvalue weighted by atomic mass is 19.1. The van der Waals surface area contributed by atoms with Gasteiger partial charge in [0.25, 0.3) is 5.91 Å². The average Bonchev–Trinajstić information content (AvgIpc) is 3.60. The number of methoxy groups -OCH3 is 1. The molecule has 5 rings (SSSR count). The van der Waals surface area contributed by atoms with Gasteiger partial charge in [-0.15, -0.1) is 0 Å². The van der Waals surface area contributed by atoms with Crippen molar-refractivity contribution in [1.29, 1.82) is 0 Å². The van der Waals surface area contributed by atoms with Crippen LogP contribution in [0.15, 0.2) is 54.6 Å². The molecule has 3 aliphatic carbocycles. The highest BCUT2D eigenvalue weighted by Gasteiger charge is 2.50. The normalized spacial score (nSPS) is 26.3. The average molecular weight is 566 g/mol. The highest BCUT2D eigenvalue weighted by molar-refractivity contribution is 5.98. The largest absolute Gasteiger partial charge is 0.496 e. The van der Waals surface area contributed by atoms with Crippen LogP contribution in [0.2, 0.25) is 0 Å². The number of hydrogen-bond donors (Lipinski definition) is 1. The highest BCUT2D eigenvalue weighted by Crippen LogP contribution is 2.45. The number of esters is 2. The number of ether oxygens (including phenoxy) is 4. The number of amides is 1. The molecule has 0 aliphatic heterocycles. The molecule has 0 spiro atoms. The molecule has 2 aromatic carbocycles. The molecule has 0 unspecified atom stereocenters. The van der Waals surface area contributed by atoms with Gasteiger partial charge >= 0.3 is 11.9 Å². The number of halogens is 1. The van der Waals surface area contributed by atoms with Crippen molar-refractivity contribution in [3.05, 3.63) is 71.6 Å². The smallest absolute Gasteiger partial charge is 0.311 e. The zero-order valence-corrected chi connectivity index (χ0v) is 23.3. The van der Waals surface area contributed by atoms with Crippen LogP contribution in [0.1, 0.15) is 54.9 Å². The van der Waals surface area contributed by atoms with Crippen molar-refractivity contribution in [2.24, 2.45) is 23.7 Å². The first-order valence-electron chi connectivity index (χ1n) is 14.3. The Morgan fingerprint density at radius 2 is 1.66 bits per heavy atom. The van der Waals surface area contributed by atoms with E-state index in [1.807, 2.05) is 42.5 Å². The van der Waals surface area contributed by atoms with Gasteiger partial charge in [-0.25, -0.2) is 4.39 Å². The molecule has 1 N–H and O–H groups in total. The number of benzene rings is 2. The Kier molecular flexibility index (Phi) is 8.90. The van der Waals surface area contributed by atoms with Gasteiger partial charge in [0.15, 0.2) is 11.6 Å². The third-order valence-corrected chi connectivity index (χ3v) is 8.34. The maximum absolute atomic E-state index is 15.0. The summed E-state index contributed by atoms with van der Waals surface area (Å²) < 4.78 is 37.0. The van der Waals surface area contributed by atoms with Gasteiger partial charge in [0.2, 0.25) is 0 Å². The molecule has 2 saturated carbocycles. The van der Waals surface area contributed by atoms with E-state index in [2.05, 4.69) is 5.32 Å². The van der Waals surface area contributed by atoms with E-state index in [0.717, 1.165) is 18.1 Å². The fraction of sp³-hybridized carbons (Fsp3) is 0.469. The van der Waals surface area contributed by atoms with Crippen molar-refractivity contribution >= 4 is 17.8 Å². The van der Waals surface area contributed by atoms with Gasteiger partial charge in [-0.1, -0.05) is 42.5 Å². The zero-order valence-electron chi connectivity index (χ0n) is 23.3. The molecule has 0 aromatic heterocycles. The second-order valence-electron chi connectivity index (χ2n) is 10.9. The third-order valence-electron chi connectivity index (χ3n) is 8.34. The van der Waals surface area contributed by atoms with Crippen molar-refractivity contribution < 1.29 is 37.7 Å². The Balaban J connectivity index is 1.26. The Bertz CT molecular complexity index is 1290. The number of carbonyl (C=O) groups excluding carboxylic acids is 3. The van der Waals surface area contributed by atoms with Gasteiger partial charge in [-0.3, -0.25) is 14.4 Å². The lowest BCUT2D eigenvalue weighted by molar-refractivity contribution is -0.151. The molecule has 8 nitrogen and oxygen atoms in total. The molecule has 4 atom stereocenters. The summed E-state index contributed by atoms with van der Waals surface area (Å²) in [6.45, 7) is 2.27. The number of hydrogen-bond acceptors (Lipinski definition) is 7. The van der Waals surface area contributed by atoms with Gasteiger partial charge in [0.1, 0.15) is 12.4 Å². The zero-order chi connectivity index (χ0) is 28.9. The Hall–Kier alpha value is -3.88. The van der Waals surface area contributed by atoms with Gasteiger partial charge in [0, 0.05) is 12.1 Å². The number of nitrogens with one attached hydrogen (secondary N) is 1. The monoisotopic (exact) mass is 565 g/mol. The van der Waals surface area contributed by atoms with E-state index >= 15 is 0 Å². The third kappa shape index (κ3) is 6.39. The summed E-state index contributed by atoms with van der Waals surface area (Å²) in [7, 11) is 1.37. The van der Waals surface area contributed by atoms with Crippen molar-refractivity contribution in [2.75, 3.05) is 13.7 Å². The minimum Gasteiger partial charge on any atom is -0.496 e. The van der Waals surface area contributed by atoms with E-state index in [-0.39, 0.29) is 59.5 Å². The minimum atomic E-state index is -0.642. The molecule has 3 aliphatic rings. The second-order valence-corrected chi connectivity index (χ2v) is 10.9. The Morgan fingerprint density at radius 1 is 0.927 bits per heavy atom. The van der Waals surface area contributed by atoms with E-state index < -0.39 is 23.7 Å². The van der Waals surface area contributed by atoms with Gasteiger partial charge in [-0.05, 0) is 62.5 Å². The van der Waals surface area contributed by atoms with Crippen LogP contribution in [0, 0.1) is 29.5 Å². The fourth-order valence-electron chi connectivity index (χ4n) is 6.22. The van der Waals surface area contributed by atoms with E-state index in [9.17, 15) is 18.8 Å². The first-order valence-corrected chi connectivity index (χ1v) is 14.3. The standard InChI is InChI=1S/C32H36FNO7/c1-3-39-31(36)20-11-13-23(14-12-20)41-27-16-24(26(38-2)17-25(27)33)30(35)34-29-22-10-9-21(15-22)28(29)32(37)40-18-19-7-5-4-6-8-19/h4-10,16-17,20-23,28-29H,3,11-15,18H2,1-2H3,(H,34,35)/t20-,21-,22+,23+,28+,29-/m1/s1. The quantitative estimate of drug-likeness (QED) is 0.320. The van der Waals surface area contributed by atoms with Crippen LogP contribution in [0.3, 0.4) is 0 Å². The van der Waals surface area contributed by atoms with Crippen LogP contribution in [0.4, 0.5) is 4.39 Å². The lowest BCUT2D eigenvalue weighted by atomic mass is 9.87. The summed E-state index contributed by atoms with van der Waals surface area (Å²) >= 11 is 0. The minimum absolute atomic E-state index is 0.00466. The first kappa shape index (κ1) is 28.6. The molecule has 2 bridgehead atoms. The van der Waals surface area contributed by atoms with Crippen molar-refractivity contribution in [1.82, 2.24) is 5.32 Å². The van der Waals surface area contributed by atoms with E-state index in [4.69, 9.17) is 18.9 Å². The summed E-state index contributed by atoms with van der Waals surface area (Å²) in [4.78, 5) is 38.7. The Morgan fingerprint density at radius 3 is 2.37 bits per heavy atom. The molecule has 2 aromatic rings. The predicted molar refractivity (Wildman–Crippen MR) is 148 cm³/mol. The van der Waals surface area contributed by atoms with Gasteiger partial charge in [0.05, 0.1) is 37.2 Å². The number of allylic oxidation sites excluding steroid dienone is 1. The maximum atomic E-state index is 15.0. The molecule has 41 heavy (non-hydrogen) atoms. The summed E-state index contributed by atoms with van der Waals surface area (Å²) in [6, 6.07) is 11.5. The summed E-state index contributed by atoms with van der Waals surface area (Å²) in [5.74, 6) is -2.40. The molecule has 2 fully saturated rings. The molecular weight excluding hydrogens is 529 g/mol. The predicted octanol–water partition coefficient (Wildman–Crippen LogP) is 5.00. The number of carbonyl (C=O) groups is 3. The van der Waals surface area contributed by atoms with Crippen LogP contribution in [0.25, 0.3) is 0 Å². The van der Waals surface area contributed by atoms with Crippen LogP contribution in [-0.4, -0.2) is 43.7 Å². The number of rotatable bonds is 10. The van der Waals surface area contributed by atoms with Gasteiger partial charge < -0.3 is 24.3 Å². The molecule has 1 amide bonds. The molecule has 9 heteroatoms. The molecular formula is C32H36FNO7.